The number of nitrogens with one attached hydrogen (secondary N) is 2. The van der Waals surface area contributed by atoms with Gasteiger partial charge in [-0.1, -0.05) is 36.7 Å². The van der Waals surface area contributed by atoms with E-state index in [4.69, 9.17) is 4.74 Å². The number of hydrogen-bond donors (Lipinski definition) is 2. The number of halogens is 1. The Balaban J connectivity index is 2.66. The maximum absolute atomic E-state index is 11.8. The number of carbonyl (C=O) groups is 1. The predicted molar refractivity (Wildman–Crippen MR) is 89.5 cm³/mol. The number of ether oxygens (including phenoxy) is 1. The number of hydrogen-bond acceptors (Lipinski definition) is 3. The second kappa shape index (κ2) is 9.05. The normalized spacial score (nSPS) is 12.3. The van der Waals surface area contributed by atoms with E-state index >= 15 is 0 Å². The average Bonchev–Trinajstić information content (AvgIpc) is 2.44. The summed E-state index contributed by atoms with van der Waals surface area (Å²) >= 11 is 3.54. The van der Waals surface area contributed by atoms with Gasteiger partial charge in [-0.25, -0.2) is 0 Å². The van der Waals surface area contributed by atoms with E-state index in [1.54, 1.807) is 6.92 Å². The molecular weight excluding hydrogens is 332 g/mol. The lowest BCUT2D eigenvalue weighted by molar-refractivity contribution is -0.127. The molecule has 118 valence electrons. The van der Waals surface area contributed by atoms with Gasteiger partial charge >= 0.3 is 0 Å². The highest BCUT2D eigenvalue weighted by atomic mass is 79.9. The minimum Gasteiger partial charge on any atom is -0.481 e. The summed E-state index contributed by atoms with van der Waals surface area (Å²) in [6.07, 6.45) is 0.422. The second-order valence-electron chi connectivity index (χ2n) is 5.34. The molecule has 0 aliphatic carbocycles. The Morgan fingerprint density at radius 2 is 2.05 bits per heavy atom. The summed E-state index contributed by atoms with van der Waals surface area (Å²) in [5, 5.41) is 6.20. The molecule has 0 aromatic heterocycles. The van der Waals surface area contributed by atoms with Crippen LogP contribution in [0.5, 0.6) is 5.75 Å². The number of amides is 1. The molecule has 0 fully saturated rings. The Hall–Kier alpha value is -1.07. The van der Waals surface area contributed by atoms with Gasteiger partial charge in [-0.15, -0.1) is 0 Å². The van der Waals surface area contributed by atoms with Crippen molar-refractivity contribution in [2.45, 2.75) is 52.8 Å². The topological polar surface area (TPSA) is 50.4 Å². The number of carbonyl (C=O) groups excluding carboxylic acids is 1. The first-order valence-corrected chi connectivity index (χ1v) is 8.19. The van der Waals surface area contributed by atoms with Gasteiger partial charge in [-0.05, 0) is 37.1 Å². The van der Waals surface area contributed by atoms with Crippen molar-refractivity contribution in [3.05, 3.63) is 28.2 Å². The van der Waals surface area contributed by atoms with Crippen molar-refractivity contribution in [3.8, 4) is 5.75 Å². The summed E-state index contributed by atoms with van der Waals surface area (Å²) in [6.45, 7) is 9.43. The van der Waals surface area contributed by atoms with Crippen molar-refractivity contribution in [2.75, 3.05) is 6.54 Å². The maximum atomic E-state index is 11.8. The van der Waals surface area contributed by atoms with Crippen LogP contribution >= 0.6 is 15.9 Å². The average molecular weight is 357 g/mol. The molecule has 0 saturated carbocycles. The summed E-state index contributed by atoms with van der Waals surface area (Å²) in [6, 6.07) is 6.19. The fraction of sp³-hybridized carbons (Fsp3) is 0.562. The molecule has 0 aliphatic rings. The highest BCUT2D eigenvalue weighted by Crippen LogP contribution is 2.23. The molecule has 1 unspecified atom stereocenters. The summed E-state index contributed by atoms with van der Waals surface area (Å²) < 4.78 is 6.75. The first kappa shape index (κ1) is 18.0. The minimum atomic E-state index is -0.497. The van der Waals surface area contributed by atoms with Gasteiger partial charge in [0.05, 0.1) is 0 Å². The molecule has 1 aromatic rings. The highest BCUT2D eigenvalue weighted by Gasteiger charge is 2.14. The van der Waals surface area contributed by atoms with E-state index in [1.807, 2.05) is 25.1 Å². The van der Waals surface area contributed by atoms with E-state index in [0.717, 1.165) is 23.0 Å². The predicted octanol–water partition coefficient (Wildman–Crippen LogP) is 3.24. The summed E-state index contributed by atoms with van der Waals surface area (Å²) in [4.78, 5) is 11.8. The van der Waals surface area contributed by atoms with E-state index in [2.05, 4.69) is 40.4 Å². The van der Waals surface area contributed by atoms with E-state index in [0.29, 0.717) is 18.3 Å². The van der Waals surface area contributed by atoms with E-state index < -0.39 is 6.10 Å². The lowest BCUT2D eigenvalue weighted by Gasteiger charge is -2.16. The molecule has 0 aliphatic heterocycles. The Bertz CT molecular complexity index is 464. The molecule has 2 N–H and O–H groups in total. The van der Waals surface area contributed by atoms with E-state index in [-0.39, 0.29) is 5.91 Å². The van der Waals surface area contributed by atoms with Gasteiger partial charge in [0.1, 0.15) is 5.75 Å². The lowest BCUT2D eigenvalue weighted by atomic mass is 10.2. The second-order valence-corrected chi connectivity index (χ2v) is 6.19. The van der Waals surface area contributed by atoms with Crippen molar-refractivity contribution in [2.24, 2.45) is 0 Å². The largest absolute Gasteiger partial charge is 0.481 e. The zero-order chi connectivity index (χ0) is 15.8. The molecule has 0 saturated heterocycles. The minimum absolute atomic E-state index is 0.0818. The van der Waals surface area contributed by atoms with Crippen LogP contribution in [0.3, 0.4) is 0 Å². The van der Waals surface area contributed by atoms with Gasteiger partial charge in [0, 0.05) is 23.6 Å². The van der Waals surface area contributed by atoms with Crippen LogP contribution in [0.1, 0.15) is 39.7 Å². The first-order valence-electron chi connectivity index (χ1n) is 7.40. The standard InChI is InChI=1S/C16H25BrN2O2/c1-5-8-18-16(20)12(4)21-14-6-7-15(17)13(9-14)10-19-11(2)3/h6-7,9,11-12,19H,5,8,10H2,1-4H3,(H,18,20). The van der Waals surface area contributed by atoms with Gasteiger partial charge in [-0.2, -0.15) is 0 Å². The van der Waals surface area contributed by atoms with Crippen LogP contribution in [0.25, 0.3) is 0 Å². The molecule has 0 bridgehead atoms. The fourth-order valence-corrected chi connectivity index (χ4v) is 2.11. The molecule has 1 aromatic carbocycles. The quantitative estimate of drug-likeness (QED) is 0.751. The lowest BCUT2D eigenvalue weighted by Crippen LogP contribution is -2.36. The monoisotopic (exact) mass is 356 g/mol. The Labute approximate surface area is 135 Å². The van der Waals surface area contributed by atoms with Crippen LogP contribution < -0.4 is 15.4 Å². The van der Waals surface area contributed by atoms with E-state index in [9.17, 15) is 4.79 Å². The first-order chi connectivity index (χ1) is 9.93. The highest BCUT2D eigenvalue weighted by molar-refractivity contribution is 9.10. The number of benzene rings is 1. The summed E-state index contributed by atoms with van der Waals surface area (Å²) in [7, 11) is 0. The number of rotatable bonds is 8. The molecule has 1 amide bonds. The van der Waals surface area contributed by atoms with Crippen molar-refractivity contribution in [1.82, 2.24) is 10.6 Å². The Morgan fingerprint density at radius 3 is 2.67 bits per heavy atom. The molecular formula is C16H25BrN2O2. The molecule has 0 radical (unpaired) electrons. The molecule has 4 nitrogen and oxygen atoms in total. The van der Waals surface area contributed by atoms with Crippen LogP contribution in [0.4, 0.5) is 0 Å². The molecule has 21 heavy (non-hydrogen) atoms. The zero-order valence-corrected chi connectivity index (χ0v) is 14.8. The fourth-order valence-electron chi connectivity index (χ4n) is 1.72. The van der Waals surface area contributed by atoms with Crippen LogP contribution in [-0.2, 0) is 11.3 Å². The third-order valence-corrected chi connectivity index (χ3v) is 3.72. The van der Waals surface area contributed by atoms with Crippen molar-refractivity contribution in [3.63, 3.8) is 0 Å². The van der Waals surface area contributed by atoms with Crippen LogP contribution in [-0.4, -0.2) is 24.6 Å². The van der Waals surface area contributed by atoms with Gasteiger partial charge in [-0.3, -0.25) is 4.79 Å². The summed E-state index contributed by atoms with van der Waals surface area (Å²) in [5.74, 6) is 0.625. The SMILES string of the molecule is CCCNC(=O)C(C)Oc1ccc(Br)c(CNC(C)C)c1. The van der Waals surface area contributed by atoms with Gasteiger partial charge < -0.3 is 15.4 Å². The summed E-state index contributed by atoms with van der Waals surface area (Å²) in [5.41, 5.74) is 1.11. The zero-order valence-electron chi connectivity index (χ0n) is 13.2. The Morgan fingerprint density at radius 1 is 1.33 bits per heavy atom. The smallest absolute Gasteiger partial charge is 0.260 e. The third kappa shape index (κ3) is 6.48. The van der Waals surface area contributed by atoms with Crippen LogP contribution in [0.15, 0.2) is 22.7 Å². The molecule has 1 rings (SSSR count). The maximum Gasteiger partial charge on any atom is 0.260 e. The van der Waals surface area contributed by atoms with Gasteiger partial charge in [0.15, 0.2) is 6.10 Å². The van der Waals surface area contributed by atoms with E-state index in [1.165, 1.54) is 0 Å². The molecule has 1 atom stereocenters. The van der Waals surface area contributed by atoms with Gasteiger partial charge in [0.2, 0.25) is 0 Å². The van der Waals surface area contributed by atoms with Crippen molar-refractivity contribution in [1.29, 1.82) is 0 Å². The van der Waals surface area contributed by atoms with Crippen molar-refractivity contribution >= 4 is 21.8 Å². The van der Waals surface area contributed by atoms with Crippen molar-refractivity contribution < 1.29 is 9.53 Å². The Kier molecular flexibility index (Phi) is 7.75. The van der Waals surface area contributed by atoms with Crippen LogP contribution in [0.2, 0.25) is 0 Å². The third-order valence-electron chi connectivity index (χ3n) is 2.95. The van der Waals surface area contributed by atoms with Crippen LogP contribution in [0, 0.1) is 0 Å². The molecule has 0 heterocycles. The molecule has 0 spiro atoms. The molecule has 5 heteroatoms. The van der Waals surface area contributed by atoms with Gasteiger partial charge in [0.25, 0.3) is 5.91 Å².